The van der Waals surface area contributed by atoms with E-state index >= 15 is 0 Å². The molecule has 0 bridgehead atoms. The van der Waals surface area contributed by atoms with E-state index in [0.29, 0.717) is 5.13 Å². The van der Waals surface area contributed by atoms with E-state index in [2.05, 4.69) is 19.9 Å². The smallest absolute Gasteiger partial charge is 0.266 e. The van der Waals surface area contributed by atoms with Crippen LogP contribution in [0, 0.1) is 6.92 Å². The first-order valence-electron chi connectivity index (χ1n) is 4.02. The number of aromatic nitrogens is 3. The molecular weight excluding hydrogens is 236 g/mol. The lowest BCUT2D eigenvalue weighted by atomic mass is 10.6. The van der Waals surface area contributed by atoms with E-state index in [9.17, 15) is 8.42 Å². The summed E-state index contributed by atoms with van der Waals surface area (Å²) in [6.07, 6.45) is 2.55. The summed E-state index contributed by atoms with van der Waals surface area (Å²) in [6, 6.07) is 0. The van der Waals surface area contributed by atoms with Crippen LogP contribution in [-0.2, 0) is 10.0 Å². The van der Waals surface area contributed by atoms with Crippen molar-refractivity contribution in [1.29, 1.82) is 0 Å². The van der Waals surface area contributed by atoms with Crippen LogP contribution >= 0.6 is 11.3 Å². The molecule has 0 unspecified atom stereocenters. The Morgan fingerprint density at radius 1 is 1.53 bits per heavy atom. The Kier molecular flexibility index (Phi) is 2.45. The molecule has 0 saturated heterocycles. The van der Waals surface area contributed by atoms with Gasteiger partial charge in [0, 0.05) is 11.6 Å². The van der Waals surface area contributed by atoms with E-state index in [-0.39, 0.29) is 4.90 Å². The molecule has 8 heteroatoms. The maximum atomic E-state index is 11.7. The molecule has 0 aliphatic heterocycles. The summed E-state index contributed by atoms with van der Waals surface area (Å²) in [4.78, 5) is 4.10. The summed E-state index contributed by atoms with van der Waals surface area (Å²) in [5, 5.41) is 8.14. The van der Waals surface area contributed by atoms with Gasteiger partial charge in [0.2, 0.25) is 0 Å². The Morgan fingerprint density at radius 2 is 2.33 bits per heavy atom. The number of aromatic amines is 1. The van der Waals surface area contributed by atoms with Gasteiger partial charge in [-0.05, 0) is 6.92 Å². The van der Waals surface area contributed by atoms with Crippen molar-refractivity contribution in [3.05, 3.63) is 23.5 Å². The summed E-state index contributed by atoms with van der Waals surface area (Å²) in [7, 11) is -3.55. The summed E-state index contributed by atoms with van der Waals surface area (Å²) in [5.41, 5.74) is 0.782. The fourth-order valence-electron chi connectivity index (χ4n) is 0.961. The third-order valence-corrected chi connectivity index (χ3v) is 3.93. The lowest BCUT2D eigenvalue weighted by molar-refractivity contribution is 0.601. The first-order chi connectivity index (χ1) is 7.08. The number of rotatable bonds is 3. The molecule has 2 heterocycles. The van der Waals surface area contributed by atoms with Crippen molar-refractivity contribution >= 4 is 26.5 Å². The largest absolute Gasteiger partial charge is 0.284 e. The number of sulfonamides is 1. The zero-order valence-electron chi connectivity index (χ0n) is 7.76. The van der Waals surface area contributed by atoms with Crippen LogP contribution in [0.2, 0.25) is 0 Å². The van der Waals surface area contributed by atoms with E-state index in [4.69, 9.17) is 0 Å². The molecular formula is C7H8N4O2S2. The molecule has 80 valence electrons. The predicted molar refractivity (Wildman–Crippen MR) is 56.2 cm³/mol. The fraction of sp³-hybridized carbons (Fsp3) is 0.143. The lowest BCUT2D eigenvalue weighted by Gasteiger charge is -2.00. The van der Waals surface area contributed by atoms with Crippen molar-refractivity contribution in [3.63, 3.8) is 0 Å². The Labute approximate surface area is 90.4 Å². The van der Waals surface area contributed by atoms with Gasteiger partial charge >= 0.3 is 0 Å². The molecule has 15 heavy (non-hydrogen) atoms. The SMILES string of the molecule is Cc1csc(NS(=O)(=O)c2cn[nH]c2)n1. The molecule has 2 rings (SSSR count). The molecule has 0 aliphatic rings. The molecule has 0 spiro atoms. The van der Waals surface area contributed by atoms with Crippen LogP contribution in [0.15, 0.2) is 22.7 Å². The fourth-order valence-corrected chi connectivity index (χ4v) is 2.81. The van der Waals surface area contributed by atoms with Gasteiger partial charge in [0.25, 0.3) is 10.0 Å². The van der Waals surface area contributed by atoms with Crippen LogP contribution in [0.1, 0.15) is 5.69 Å². The number of nitrogens with one attached hydrogen (secondary N) is 2. The molecule has 0 atom stereocenters. The van der Waals surface area contributed by atoms with Crippen molar-refractivity contribution in [3.8, 4) is 0 Å². The van der Waals surface area contributed by atoms with Gasteiger partial charge in [0.15, 0.2) is 5.13 Å². The van der Waals surface area contributed by atoms with E-state index in [1.54, 1.807) is 12.3 Å². The summed E-state index contributed by atoms with van der Waals surface area (Å²) in [5.74, 6) is 0. The molecule has 2 N–H and O–H groups in total. The number of hydrogen-bond donors (Lipinski definition) is 2. The number of hydrogen-bond acceptors (Lipinski definition) is 5. The van der Waals surface area contributed by atoms with Crippen LogP contribution in [0.5, 0.6) is 0 Å². The number of nitrogens with zero attached hydrogens (tertiary/aromatic N) is 2. The summed E-state index contributed by atoms with van der Waals surface area (Å²) in [6.45, 7) is 1.80. The Balaban J connectivity index is 2.26. The zero-order chi connectivity index (χ0) is 10.9. The van der Waals surface area contributed by atoms with Gasteiger partial charge in [-0.25, -0.2) is 13.4 Å². The maximum Gasteiger partial charge on any atom is 0.266 e. The molecule has 6 nitrogen and oxygen atoms in total. The van der Waals surface area contributed by atoms with Crippen molar-refractivity contribution in [2.75, 3.05) is 4.72 Å². The second-order valence-electron chi connectivity index (χ2n) is 2.83. The van der Waals surface area contributed by atoms with Crippen LogP contribution in [-0.4, -0.2) is 23.6 Å². The predicted octanol–water partition coefficient (Wildman–Crippen LogP) is 0.975. The average Bonchev–Trinajstić information content (AvgIpc) is 2.75. The number of H-pyrrole nitrogens is 1. The van der Waals surface area contributed by atoms with Gasteiger partial charge in [-0.1, -0.05) is 0 Å². The van der Waals surface area contributed by atoms with Gasteiger partial charge in [-0.15, -0.1) is 11.3 Å². The molecule has 0 amide bonds. The van der Waals surface area contributed by atoms with Gasteiger partial charge in [-0.2, -0.15) is 5.10 Å². The van der Waals surface area contributed by atoms with Gasteiger partial charge in [0.1, 0.15) is 4.90 Å². The van der Waals surface area contributed by atoms with Crippen LogP contribution in [0.25, 0.3) is 0 Å². The molecule has 0 saturated carbocycles. The standard InChI is InChI=1S/C7H8N4O2S2/c1-5-4-14-7(10-5)11-15(12,13)6-2-8-9-3-6/h2-4H,1H3,(H,8,9)(H,10,11). The Morgan fingerprint density at radius 3 is 2.87 bits per heavy atom. The van der Waals surface area contributed by atoms with E-state index in [0.717, 1.165) is 5.69 Å². The second-order valence-corrected chi connectivity index (χ2v) is 5.37. The highest BCUT2D eigenvalue weighted by molar-refractivity contribution is 7.93. The van der Waals surface area contributed by atoms with Crippen molar-refractivity contribution in [2.45, 2.75) is 11.8 Å². The summed E-state index contributed by atoms with van der Waals surface area (Å²) >= 11 is 1.24. The number of thiazole rings is 1. The molecule has 2 aromatic rings. The normalized spacial score (nSPS) is 11.5. The minimum absolute atomic E-state index is 0.0929. The summed E-state index contributed by atoms with van der Waals surface area (Å²) < 4.78 is 25.7. The van der Waals surface area contributed by atoms with E-state index in [1.807, 2.05) is 0 Å². The first-order valence-corrected chi connectivity index (χ1v) is 6.38. The number of aryl methyl sites for hydroxylation is 1. The topological polar surface area (TPSA) is 87.7 Å². The van der Waals surface area contributed by atoms with Crippen molar-refractivity contribution < 1.29 is 8.42 Å². The highest BCUT2D eigenvalue weighted by Gasteiger charge is 2.16. The molecule has 2 aromatic heterocycles. The van der Waals surface area contributed by atoms with Crippen LogP contribution in [0.4, 0.5) is 5.13 Å². The Bertz CT molecular complexity index is 543. The Hall–Kier alpha value is -1.41. The second kappa shape index (κ2) is 3.63. The zero-order valence-corrected chi connectivity index (χ0v) is 9.39. The monoisotopic (exact) mass is 244 g/mol. The van der Waals surface area contributed by atoms with Crippen LogP contribution < -0.4 is 4.72 Å². The van der Waals surface area contributed by atoms with Crippen molar-refractivity contribution in [1.82, 2.24) is 15.2 Å². The minimum Gasteiger partial charge on any atom is -0.284 e. The van der Waals surface area contributed by atoms with Crippen molar-refractivity contribution in [2.24, 2.45) is 0 Å². The molecule has 0 aliphatic carbocycles. The molecule has 0 aromatic carbocycles. The van der Waals surface area contributed by atoms with Gasteiger partial charge < -0.3 is 0 Å². The average molecular weight is 244 g/mol. The van der Waals surface area contributed by atoms with E-state index in [1.165, 1.54) is 23.7 Å². The van der Waals surface area contributed by atoms with Gasteiger partial charge in [0.05, 0.1) is 11.9 Å². The quantitative estimate of drug-likeness (QED) is 0.842. The first kappa shape index (κ1) is 10.1. The minimum atomic E-state index is -3.55. The lowest BCUT2D eigenvalue weighted by Crippen LogP contribution is -2.11. The number of anilines is 1. The maximum absolute atomic E-state index is 11.7. The van der Waals surface area contributed by atoms with Gasteiger partial charge in [-0.3, -0.25) is 9.82 Å². The third-order valence-electron chi connectivity index (χ3n) is 1.62. The van der Waals surface area contributed by atoms with E-state index < -0.39 is 10.0 Å². The third kappa shape index (κ3) is 2.16. The highest BCUT2D eigenvalue weighted by atomic mass is 32.2. The molecule has 0 radical (unpaired) electrons. The highest BCUT2D eigenvalue weighted by Crippen LogP contribution is 2.18. The van der Waals surface area contributed by atoms with Crippen LogP contribution in [0.3, 0.4) is 0 Å². The molecule has 0 fully saturated rings.